The summed E-state index contributed by atoms with van der Waals surface area (Å²) >= 11 is 5.93. The lowest BCUT2D eigenvalue weighted by atomic mass is 9.89. The first-order valence-electron chi connectivity index (χ1n) is 4.84. The van der Waals surface area contributed by atoms with Crippen LogP contribution in [0.4, 0.5) is 5.69 Å². The standard InChI is InChI=1S/C11H14ClN/c1-2-8-5-6-13-11-7-9(12)3-4-10(8)11/h3-4,7-8,13H,2,5-6H2,1H3. The molecule has 0 amide bonds. The van der Waals surface area contributed by atoms with Crippen molar-refractivity contribution in [3.8, 4) is 0 Å². The summed E-state index contributed by atoms with van der Waals surface area (Å²) in [5.74, 6) is 0.716. The van der Waals surface area contributed by atoms with Gasteiger partial charge in [-0.25, -0.2) is 0 Å². The van der Waals surface area contributed by atoms with Gasteiger partial charge in [-0.05, 0) is 36.5 Å². The summed E-state index contributed by atoms with van der Waals surface area (Å²) in [6, 6.07) is 6.16. The highest BCUT2D eigenvalue weighted by Gasteiger charge is 2.17. The number of anilines is 1. The number of nitrogens with one attached hydrogen (secondary N) is 1. The van der Waals surface area contributed by atoms with Crippen LogP contribution in [-0.4, -0.2) is 6.54 Å². The van der Waals surface area contributed by atoms with E-state index in [4.69, 9.17) is 11.6 Å². The van der Waals surface area contributed by atoms with E-state index in [1.807, 2.05) is 12.1 Å². The number of halogens is 1. The van der Waals surface area contributed by atoms with Crippen molar-refractivity contribution in [2.45, 2.75) is 25.7 Å². The van der Waals surface area contributed by atoms with Gasteiger partial charge in [0.2, 0.25) is 0 Å². The molecule has 0 radical (unpaired) electrons. The van der Waals surface area contributed by atoms with E-state index in [0.717, 1.165) is 11.6 Å². The summed E-state index contributed by atoms with van der Waals surface area (Å²) in [7, 11) is 0. The molecule has 0 saturated heterocycles. The summed E-state index contributed by atoms with van der Waals surface area (Å²) in [6.07, 6.45) is 2.46. The third-order valence-corrected chi connectivity index (χ3v) is 2.99. The number of hydrogen-bond donors (Lipinski definition) is 1. The van der Waals surface area contributed by atoms with Crippen molar-refractivity contribution in [2.75, 3.05) is 11.9 Å². The summed E-state index contributed by atoms with van der Waals surface area (Å²) in [5, 5.41) is 4.21. The van der Waals surface area contributed by atoms with E-state index in [1.165, 1.54) is 24.1 Å². The van der Waals surface area contributed by atoms with E-state index in [2.05, 4.69) is 18.3 Å². The van der Waals surface area contributed by atoms with Crippen molar-refractivity contribution in [3.05, 3.63) is 28.8 Å². The maximum Gasteiger partial charge on any atom is 0.0426 e. The fraction of sp³-hybridized carbons (Fsp3) is 0.455. The molecule has 2 rings (SSSR count). The van der Waals surface area contributed by atoms with Crippen LogP contribution in [0.25, 0.3) is 0 Å². The lowest BCUT2D eigenvalue weighted by Gasteiger charge is -2.25. The minimum atomic E-state index is 0.716. The zero-order valence-electron chi connectivity index (χ0n) is 7.81. The van der Waals surface area contributed by atoms with E-state index >= 15 is 0 Å². The first kappa shape index (κ1) is 8.89. The van der Waals surface area contributed by atoms with Crippen LogP contribution in [0.3, 0.4) is 0 Å². The Bertz CT molecular complexity index is 309. The Balaban J connectivity index is 2.40. The molecule has 0 saturated carbocycles. The van der Waals surface area contributed by atoms with Gasteiger partial charge in [-0.15, -0.1) is 0 Å². The molecule has 13 heavy (non-hydrogen) atoms. The van der Waals surface area contributed by atoms with Crippen LogP contribution in [0, 0.1) is 0 Å². The van der Waals surface area contributed by atoms with Crippen molar-refractivity contribution in [2.24, 2.45) is 0 Å². The van der Waals surface area contributed by atoms with Crippen LogP contribution in [-0.2, 0) is 0 Å². The second-order valence-corrected chi connectivity index (χ2v) is 3.99. The lowest BCUT2D eigenvalue weighted by Crippen LogP contribution is -2.16. The number of benzene rings is 1. The topological polar surface area (TPSA) is 12.0 Å². The molecule has 70 valence electrons. The second-order valence-electron chi connectivity index (χ2n) is 3.55. The molecule has 1 nitrogen and oxygen atoms in total. The minimum Gasteiger partial charge on any atom is -0.385 e. The average Bonchev–Trinajstić information content (AvgIpc) is 2.16. The number of fused-ring (bicyclic) bond motifs is 1. The Morgan fingerprint density at radius 1 is 1.54 bits per heavy atom. The van der Waals surface area contributed by atoms with E-state index in [0.29, 0.717) is 5.92 Å². The molecule has 2 heteroatoms. The van der Waals surface area contributed by atoms with Crippen LogP contribution in [0.5, 0.6) is 0 Å². The Morgan fingerprint density at radius 3 is 3.15 bits per heavy atom. The SMILES string of the molecule is CCC1CCNc2cc(Cl)ccc21. The molecule has 1 aromatic carbocycles. The quantitative estimate of drug-likeness (QED) is 0.722. The molecule has 1 aliphatic heterocycles. The summed E-state index contributed by atoms with van der Waals surface area (Å²) < 4.78 is 0. The first-order chi connectivity index (χ1) is 6.31. The predicted octanol–water partition coefficient (Wildman–Crippen LogP) is 3.65. The van der Waals surface area contributed by atoms with Gasteiger partial charge in [-0.1, -0.05) is 24.6 Å². The molecule has 0 aliphatic carbocycles. The zero-order valence-corrected chi connectivity index (χ0v) is 8.56. The third-order valence-electron chi connectivity index (χ3n) is 2.76. The summed E-state index contributed by atoms with van der Waals surface area (Å²) in [6.45, 7) is 3.32. The molecule has 1 unspecified atom stereocenters. The number of rotatable bonds is 1. The van der Waals surface area contributed by atoms with Crippen molar-refractivity contribution in [3.63, 3.8) is 0 Å². The molecular weight excluding hydrogens is 182 g/mol. The monoisotopic (exact) mass is 195 g/mol. The van der Waals surface area contributed by atoms with Gasteiger partial charge in [-0.2, -0.15) is 0 Å². The first-order valence-corrected chi connectivity index (χ1v) is 5.22. The van der Waals surface area contributed by atoms with Gasteiger partial charge < -0.3 is 5.32 Å². The van der Waals surface area contributed by atoms with Gasteiger partial charge in [0.25, 0.3) is 0 Å². The van der Waals surface area contributed by atoms with Crippen molar-refractivity contribution >= 4 is 17.3 Å². The van der Waals surface area contributed by atoms with Gasteiger partial charge in [-0.3, -0.25) is 0 Å². The predicted molar refractivity (Wildman–Crippen MR) is 57.6 cm³/mol. The third kappa shape index (κ3) is 1.66. The largest absolute Gasteiger partial charge is 0.385 e. The van der Waals surface area contributed by atoms with Crippen LogP contribution in [0.1, 0.15) is 31.2 Å². The Labute approximate surface area is 84.1 Å². The highest BCUT2D eigenvalue weighted by atomic mass is 35.5. The van der Waals surface area contributed by atoms with Crippen LogP contribution >= 0.6 is 11.6 Å². The highest BCUT2D eigenvalue weighted by molar-refractivity contribution is 6.30. The van der Waals surface area contributed by atoms with Gasteiger partial charge in [0.05, 0.1) is 0 Å². The van der Waals surface area contributed by atoms with Crippen LogP contribution < -0.4 is 5.32 Å². The number of hydrogen-bond acceptors (Lipinski definition) is 1. The molecule has 0 fully saturated rings. The average molecular weight is 196 g/mol. The molecule has 0 spiro atoms. The highest BCUT2D eigenvalue weighted by Crippen LogP contribution is 2.34. The van der Waals surface area contributed by atoms with E-state index < -0.39 is 0 Å². The maximum absolute atomic E-state index is 5.93. The Hall–Kier alpha value is -0.690. The summed E-state index contributed by atoms with van der Waals surface area (Å²) in [5.41, 5.74) is 2.66. The molecule has 1 heterocycles. The fourth-order valence-electron chi connectivity index (χ4n) is 2.00. The van der Waals surface area contributed by atoms with Gasteiger partial charge in [0.15, 0.2) is 0 Å². The molecule has 1 atom stereocenters. The molecule has 1 N–H and O–H groups in total. The van der Waals surface area contributed by atoms with Gasteiger partial charge in [0, 0.05) is 17.3 Å². The van der Waals surface area contributed by atoms with E-state index in [-0.39, 0.29) is 0 Å². The summed E-state index contributed by atoms with van der Waals surface area (Å²) in [4.78, 5) is 0. The van der Waals surface area contributed by atoms with Crippen LogP contribution in [0.15, 0.2) is 18.2 Å². The normalized spacial score (nSPS) is 20.6. The Morgan fingerprint density at radius 2 is 2.38 bits per heavy atom. The van der Waals surface area contributed by atoms with E-state index in [1.54, 1.807) is 0 Å². The Kier molecular flexibility index (Phi) is 2.45. The molecule has 1 aliphatic rings. The lowest BCUT2D eigenvalue weighted by molar-refractivity contribution is 0.608. The zero-order chi connectivity index (χ0) is 9.26. The van der Waals surface area contributed by atoms with Crippen molar-refractivity contribution in [1.82, 2.24) is 0 Å². The molecule has 0 aromatic heterocycles. The van der Waals surface area contributed by atoms with E-state index in [9.17, 15) is 0 Å². The van der Waals surface area contributed by atoms with Crippen molar-refractivity contribution in [1.29, 1.82) is 0 Å². The van der Waals surface area contributed by atoms with Crippen LogP contribution in [0.2, 0.25) is 5.02 Å². The minimum absolute atomic E-state index is 0.716. The van der Waals surface area contributed by atoms with Crippen molar-refractivity contribution < 1.29 is 0 Å². The maximum atomic E-state index is 5.93. The fourth-order valence-corrected chi connectivity index (χ4v) is 2.17. The molecular formula is C11H14ClN. The second kappa shape index (κ2) is 3.59. The molecule has 1 aromatic rings. The van der Waals surface area contributed by atoms with Gasteiger partial charge >= 0.3 is 0 Å². The van der Waals surface area contributed by atoms with Gasteiger partial charge in [0.1, 0.15) is 0 Å². The smallest absolute Gasteiger partial charge is 0.0426 e. The molecule has 0 bridgehead atoms.